The molecule has 1 saturated heterocycles. The van der Waals surface area contributed by atoms with Gasteiger partial charge in [-0.05, 0) is 13.3 Å². The van der Waals surface area contributed by atoms with E-state index in [4.69, 9.17) is 9.84 Å². The molecule has 2 nitrogen and oxygen atoms in total. The molecule has 0 aromatic rings. The van der Waals surface area contributed by atoms with Crippen molar-refractivity contribution in [1.29, 1.82) is 0 Å². The zero-order chi connectivity index (χ0) is 6.85. The third-order valence-electron chi connectivity index (χ3n) is 1.66. The van der Waals surface area contributed by atoms with Crippen LogP contribution in [0, 0.1) is 0 Å². The van der Waals surface area contributed by atoms with Crippen LogP contribution in [-0.2, 0) is 4.74 Å². The van der Waals surface area contributed by atoms with Crippen LogP contribution in [0.1, 0.15) is 26.7 Å². The Morgan fingerprint density at radius 2 is 2.22 bits per heavy atom. The molecular weight excluding hydrogens is 116 g/mol. The van der Waals surface area contributed by atoms with Gasteiger partial charge < -0.3 is 9.84 Å². The molecule has 1 aliphatic rings. The standard InChI is InChI=1S/C7H14O2/c1-3-6-7(9-6)4-5(2)8/h5-8H,3-4H2,1-2H3. The maximum absolute atomic E-state index is 8.90. The van der Waals surface area contributed by atoms with E-state index in [1.807, 2.05) is 0 Å². The van der Waals surface area contributed by atoms with Gasteiger partial charge in [-0.1, -0.05) is 6.92 Å². The minimum Gasteiger partial charge on any atom is -0.393 e. The van der Waals surface area contributed by atoms with Gasteiger partial charge in [0.25, 0.3) is 0 Å². The van der Waals surface area contributed by atoms with Crippen molar-refractivity contribution >= 4 is 0 Å². The molecule has 0 aromatic carbocycles. The third-order valence-corrected chi connectivity index (χ3v) is 1.66. The maximum atomic E-state index is 8.90. The lowest BCUT2D eigenvalue weighted by Gasteiger charge is -1.96. The molecule has 1 N–H and O–H groups in total. The average molecular weight is 130 g/mol. The van der Waals surface area contributed by atoms with Crippen molar-refractivity contribution in [2.24, 2.45) is 0 Å². The SMILES string of the molecule is CCC1OC1CC(C)O. The van der Waals surface area contributed by atoms with Crippen molar-refractivity contribution in [3.05, 3.63) is 0 Å². The van der Waals surface area contributed by atoms with E-state index in [9.17, 15) is 0 Å². The summed E-state index contributed by atoms with van der Waals surface area (Å²) < 4.78 is 5.22. The highest BCUT2D eigenvalue weighted by Crippen LogP contribution is 2.28. The molecule has 0 aromatic heterocycles. The highest BCUT2D eigenvalue weighted by atomic mass is 16.6. The molecule has 0 radical (unpaired) electrons. The van der Waals surface area contributed by atoms with Crippen LogP contribution in [0.2, 0.25) is 0 Å². The Balaban J connectivity index is 2.05. The summed E-state index contributed by atoms with van der Waals surface area (Å²) in [6, 6.07) is 0. The topological polar surface area (TPSA) is 32.8 Å². The molecule has 1 aliphatic heterocycles. The largest absolute Gasteiger partial charge is 0.393 e. The maximum Gasteiger partial charge on any atom is 0.0866 e. The molecule has 1 heterocycles. The molecule has 3 unspecified atom stereocenters. The summed E-state index contributed by atoms with van der Waals surface area (Å²) in [5, 5.41) is 8.90. The molecule has 9 heavy (non-hydrogen) atoms. The van der Waals surface area contributed by atoms with E-state index in [0.717, 1.165) is 12.8 Å². The van der Waals surface area contributed by atoms with Gasteiger partial charge in [0.15, 0.2) is 0 Å². The first kappa shape index (κ1) is 7.03. The predicted octanol–water partition coefficient (Wildman–Crippen LogP) is 0.935. The number of aliphatic hydroxyl groups excluding tert-OH is 1. The Kier molecular flexibility index (Phi) is 2.09. The molecular formula is C7H14O2. The van der Waals surface area contributed by atoms with E-state index in [1.165, 1.54) is 0 Å². The minimum atomic E-state index is -0.202. The lowest BCUT2D eigenvalue weighted by atomic mass is 10.1. The van der Waals surface area contributed by atoms with Crippen molar-refractivity contribution in [2.75, 3.05) is 0 Å². The Morgan fingerprint density at radius 1 is 1.56 bits per heavy atom. The van der Waals surface area contributed by atoms with Crippen molar-refractivity contribution in [2.45, 2.75) is 45.0 Å². The van der Waals surface area contributed by atoms with Crippen LogP contribution in [0.15, 0.2) is 0 Å². The minimum absolute atomic E-state index is 0.202. The second-order valence-corrected chi connectivity index (χ2v) is 2.71. The molecule has 1 fully saturated rings. The molecule has 2 heteroatoms. The van der Waals surface area contributed by atoms with Gasteiger partial charge in [-0.15, -0.1) is 0 Å². The Labute approximate surface area is 55.8 Å². The lowest BCUT2D eigenvalue weighted by molar-refractivity contribution is 0.170. The fraction of sp³-hybridized carbons (Fsp3) is 1.00. The van der Waals surface area contributed by atoms with Gasteiger partial charge in [0.05, 0.1) is 18.3 Å². The normalized spacial score (nSPS) is 36.3. The van der Waals surface area contributed by atoms with Gasteiger partial charge in [0.1, 0.15) is 0 Å². The second-order valence-electron chi connectivity index (χ2n) is 2.71. The van der Waals surface area contributed by atoms with Gasteiger partial charge in [-0.2, -0.15) is 0 Å². The zero-order valence-corrected chi connectivity index (χ0v) is 6.00. The number of hydrogen-bond donors (Lipinski definition) is 1. The summed E-state index contributed by atoms with van der Waals surface area (Å²) >= 11 is 0. The van der Waals surface area contributed by atoms with E-state index in [0.29, 0.717) is 12.2 Å². The number of hydrogen-bond acceptors (Lipinski definition) is 2. The monoisotopic (exact) mass is 130 g/mol. The van der Waals surface area contributed by atoms with Crippen LogP contribution in [-0.4, -0.2) is 23.4 Å². The summed E-state index contributed by atoms with van der Waals surface area (Å²) in [5.41, 5.74) is 0. The summed E-state index contributed by atoms with van der Waals surface area (Å²) in [6.07, 6.45) is 2.48. The van der Waals surface area contributed by atoms with E-state index in [-0.39, 0.29) is 6.10 Å². The lowest BCUT2D eigenvalue weighted by Crippen LogP contribution is -2.05. The first-order valence-electron chi connectivity index (χ1n) is 3.57. The van der Waals surface area contributed by atoms with E-state index >= 15 is 0 Å². The number of epoxide rings is 1. The van der Waals surface area contributed by atoms with Crippen LogP contribution in [0.4, 0.5) is 0 Å². The molecule has 54 valence electrons. The summed E-state index contributed by atoms with van der Waals surface area (Å²) in [4.78, 5) is 0. The van der Waals surface area contributed by atoms with Crippen LogP contribution < -0.4 is 0 Å². The molecule has 0 saturated carbocycles. The van der Waals surface area contributed by atoms with E-state index in [1.54, 1.807) is 6.92 Å². The first-order valence-corrected chi connectivity index (χ1v) is 3.57. The van der Waals surface area contributed by atoms with Gasteiger partial charge in [0, 0.05) is 6.42 Å². The molecule has 3 atom stereocenters. The fourth-order valence-electron chi connectivity index (χ4n) is 1.08. The number of aliphatic hydroxyl groups is 1. The van der Waals surface area contributed by atoms with Gasteiger partial charge >= 0.3 is 0 Å². The Hall–Kier alpha value is -0.0800. The molecule has 0 aliphatic carbocycles. The van der Waals surface area contributed by atoms with Gasteiger partial charge in [0.2, 0.25) is 0 Å². The van der Waals surface area contributed by atoms with Crippen LogP contribution in [0.5, 0.6) is 0 Å². The highest BCUT2D eigenvalue weighted by molar-refractivity contribution is 4.84. The van der Waals surface area contributed by atoms with E-state index in [2.05, 4.69) is 6.92 Å². The summed E-state index contributed by atoms with van der Waals surface area (Å²) in [7, 11) is 0. The fourth-order valence-corrected chi connectivity index (χ4v) is 1.08. The summed E-state index contributed by atoms with van der Waals surface area (Å²) in [6.45, 7) is 3.90. The number of ether oxygens (including phenoxy) is 1. The van der Waals surface area contributed by atoms with E-state index < -0.39 is 0 Å². The Morgan fingerprint density at radius 3 is 2.56 bits per heavy atom. The molecule has 1 rings (SSSR count). The summed E-state index contributed by atoms with van der Waals surface area (Å²) in [5.74, 6) is 0. The molecule has 0 spiro atoms. The van der Waals surface area contributed by atoms with Crippen molar-refractivity contribution in [3.63, 3.8) is 0 Å². The van der Waals surface area contributed by atoms with Crippen LogP contribution in [0.25, 0.3) is 0 Å². The second kappa shape index (κ2) is 2.67. The first-order chi connectivity index (χ1) is 4.24. The Bertz CT molecular complexity index is 90.9. The van der Waals surface area contributed by atoms with Crippen molar-refractivity contribution < 1.29 is 9.84 Å². The van der Waals surface area contributed by atoms with Gasteiger partial charge in [-0.25, -0.2) is 0 Å². The van der Waals surface area contributed by atoms with Crippen molar-refractivity contribution in [3.8, 4) is 0 Å². The van der Waals surface area contributed by atoms with Crippen LogP contribution >= 0.6 is 0 Å². The average Bonchev–Trinajstić information content (AvgIpc) is 2.45. The molecule has 0 bridgehead atoms. The van der Waals surface area contributed by atoms with Gasteiger partial charge in [-0.3, -0.25) is 0 Å². The predicted molar refractivity (Wildman–Crippen MR) is 35.2 cm³/mol. The number of rotatable bonds is 3. The smallest absolute Gasteiger partial charge is 0.0866 e. The van der Waals surface area contributed by atoms with Crippen LogP contribution in [0.3, 0.4) is 0 Å². The molecule has 0 amide bonds. The third kappa shape index (κ3) is 1.95. The highest BCUT2D eigenvalue weighted by Gasteiger charge is 2.37. The van der Waals surface area contributed by atoms with Crippen molar-refractivity contribution in [1.82, 2.24) is 0 Å². The zero-order valence-electron chi connectivity index (χ0n) is 6.00. The quantitative estimate of drug-likeness (QED) is 0.576.